The first-order valence-corrected chi connectivity index (χ1v) is 8.10. The van der Waals surface area contributed by atoms with Crippen LogP contribution in [-0.4, -0.2) is 68.3 Å². The number of methoxy groups -OCH3 is 1. The molecule has 1 aromatic rings. The van der Waals surface area contributed by atoms with E-state index in [9.17, 15) is 9.59 Å². The van der Waals surface area contributed by atoms with Gasteiger partial charge in [0.1, 0.15) is 11.5 Å². The number of nitrogens with zero attached hydrogens (tertiary/aromatic N) is 2. The van der Waals surface area contributed by atoms with Crippen molar-refractivity contribution in [2.24, 2.45) is 0 Å². The standard InChI is InChI=1S/C17H24N2O5/c1-3-23-17(21)19-11-9-18(10-12-19)16(20)8-13-24-15-6-4-14(22-2)5-7-15/h4-7H,3,8-13H2,1-2H3. The number of hydrogen-bond donors (Lipinski definition) is 0. The zero-order valence-corrected chi connectivity index (χ0v) is 14.2. The average Bonchev–Trinajstić information content (AvgIpc) is 2.62. The van der Waals surface area contributed by atoms with Crippen molar-refractivity contribution >= 4 is 12.0 Å². The number of hydrogen-bond acceptors (Lipinski definition) is 5. The Morgan fingerprint density at radius 3 is 2.17 bits per heavy atom. The molecule has 1 aliphatic heterocycles. The number of amides is 2. The molecular formula is C17H24N2O5. The molecule has 1 aromatic carbocycles. The third-order valence-electron chi connectivity index (χ3n) is 3.80. The van der Waals surface area contributed by atoms with Crippen molar-refractivity contribution in [3.05, 3.63) is 24.3 Å². The van der Waals surface area contributed by atoms with E-state index in [1.807, 2.05) is 12.1 Å². The Hall–Kier alpha value is -2.44. The van der Waals surface area contributed by atoms with Crippen LogP contribution in [0.4, 0.5) is 4.79 Å². The number of ether oxygens (including phenoxy) is 3. The van der Waals surface area contributed by atoms with Crippen LogP contribution in [0.3, 0.4) is 0 Å². The Bertz CT molecular complexity index is 538. The molecule has 1 aliphatic rings. The molecule has 0 aliphatic carbocycles. The topological polar surface area (TPSA) is 68.3 Å². The van der Waals surface area contributed by atoms with Gasteiger partial charge in [-0.1, -0.05) is 0 Å². The van der Waals surface area contributed by atoms with Gasteiger partial charge in [0.2, 0.25) is 5.91 Å². The van der Waals surface area contributed by atoms with E-state index >= 15 is 0 Å². The zero-order chi connectivity index (χ0) is 17.4. The van der Waals surface area contributed by atoms with Crippen molar-refractivity contribution in [2.75, 3.05) is 46.5 Å². The summed E-state index contributed by atoms with van der Waals surface area (Å²) in [6.45, 7) is 4.53. The van der Waals surface area contributed by atoms with Crippen molar-refractivity contribution in [3.63, 3.8) is 0 Å². The Labute approximate surface area is 142 Å². The highest BCUT2D eigenvalue weighted by atomic mass is 16.6. The minimum atomic E-state index is -0.313. The van der Waals surface area contributed by atoms with Gasteiger partial charge in [0.25, 0.3) is 0 Å². The first-order chi connectivity index (χ1) is 11.6. The van der Waals surface area contributed by atoms with Gasteiger partial charge in [-0.05, 0) is 31.2 Å². The smallest absolute Gasteiger partial charge is 0.409 e. The fourth-order valence-electron chi connectivity index (χ4n) is 2.44. The molecule has 0 saturated carbocycles. The molecule has 0 aromatic heterocycles. The summed E-state index contributed by atoms with van der Waals surface area (Å²) < 4.78 is 15.6. The molecule has 24 heavy (non-hydrogen) atoms. The fourth-order valence-corrected chi connectivity index (χ4v) is 2.44. The third kappa shape index (κ3) is 5.04. The molecule has 0 atom stereocenters. The quantitative estimate of drug-likeness (QED) is 0.792. The van der Waals surface area contributed by atoms with Crippen molar-refractivity contribution < 1.29 is 23.8 Å². The fraction of sp³-hybridized carbons (Fsp3) is 0.529. The number of carbonyl (C=O) groups excluding carboxylic acids is 2. The van der Waals surface area contributed by atoms with Crippen LogP contribution in [-0.2, 0) is 9.53 Å². The minimum Gasteiger partial charge on any atom is -0.497 e. The van der Waals surface area contributed by atoms with Crippen LogP contribution in [0.15, 0.2) is 24.3 Å². The molecule has 7 heteroatoms. The van der Waals surface area contributed by atoms with Crippen LogP contribution in [0.1, 0.15) is 13.3 Å². The van der Waals surface area contributed by atoms with Crippen LogP contribution in [0.25, 0.3) is 0 Å². The lowest BCUT2D eigenvalue weighted by atomic mass is 10.3. The van der Waals surface area contributed by atoms with Gasteiger partial charge in [0.05, 0.1) is 26.7 Å². The summed E-state index contributed by atoms with van der Waals surface area (Å²) in [6, 6.07) is 7.24. The molecule has 0 N–H and O–H groups in total. The molecule has 1 fully saturated rings. The number of piperazine rings is 1. The maximum atomic E-state index is 12.2. The van der Waals surface area contributed by atoms with Gasteiger partial charge < -0.3 is 24.0 Å². The lowest BCUT2D eigenvalue weighted by molar-refractivity contribution is -0.133. The van der Waals surface area contributed by atoms with E-state index in [1.54, 1.807) is 36.0 Å². The average molecular weight is 336 g/mol. The summed E-state index contributed by atoms with van der Waals surface area (Å²) in [5.74, 6) is 1.50. The second-order valence-corrected chi connectivity index (χ2v) is 5.34. The Balaban J connectivity index is 1.68. The van der Waals surface area contributed by atoms with Gasteiger partial charge in [-0.25, -0.2) is 4.79 Å². The number of rotatable bonds is 6. The van der Waals surface area contributed by atoms with E-state index in [4.69, 9.17) is 14.2 Å². The van der Waals surface area contributed by atoms with Gasteiger partial charge >= 0.3 is 6.09 Å². The molecule has 0 unspecified atom stereocenters. The highest BCUT2D eigenvalue weighted by Crippen LogP contribution is 2.17. The van der Waals surface area contributed by atoms with E-state index in [-0.39, 0.29) is 12.0 Å². The maximum absolute atomic E-state index is 12.2. The molecule has 1 saturated heterocycles. The highest BCUT2D eigenvalue weighted by molar-refractivity contribution is 5.77. The van der Waals surface area contributed by atoms with Crippen molar-refractivity contribution in [1.82, 2.24) is 9.80 Å². The minimum absolute atomic E-state index is 0.0343. The highest BCUT2D eigenvalue weighted by Gasteiger charge is 2.24. The first-order valence-electron chi connectivity index (χ1n) is 8.10. The summed E-state index contributed by atoms with van der Waals surface area (Å²) in [5, 5.41) is 0. The maximum Gasteiger partial charge on any atom is 0.409 e. The van der Waals surface area contributed by atoms with E-state index in [0.29, 0.717) is 51.6 Å². The van der Waals surface area contributed by atoms with Crippen LogP contribution >= 0.6 is 0 Å². The lowest BCUT2D eigenvalue weighted by Crippen LogP contribution is -2.50. The molecule has 0 radical (unpaired) electrons. The van der Waals surface area contributed by atoms with Gasteiger partial charge in [0.15, 0.2) is 0 Å². The molecule has 132 valence electrons. The molecule has 2 rings (SSSR count). The number of carbonyl (C=O) groups is 2. The SMILES string of the molecule is CCOC(=O)N1CCN(C(=O)CCOc2ccc(OC)cc2)CC1. The van der Waals surface area contributed by atoms with E-state index in [1.165, 1.54) is 0 Å². The van der Waals surface area contributed by atoms with Crippen LogP contribution in [0, 0.1) is 0 Å². The number of benzene rings is 1. The molecule has 0 bridgehead atoms. The van der Waals surface area contributed by atoms with Crippen LogP contribution in [0.5, 0.6) is 11.5 Å². The summed E-state index contributed by atoms with van der Waals surface area (Å²) in [4.78, 5) is 27.2. The van der Waals surface area contributed by atoms with E-state index < -0.39 is 0 Å². The predicted octanol–water partition coefficient (Wildman–Crippen LogP) is 1.76. The molecular weight excluding hydrogens is 312 g/mol. The van der Waals surface area contributed by atoms with Crippen molar-refractivity contribution in [3.8, 4) is 11.5 Å². The first kappa shape index (κ1) is 17.9. The molecule has 7 nitrogen and oxygen atoms in total. The molecule has 2 amide bonds. The van der Waals surface area contributed by atoms with Gasteiger partial charge in [-0.3, -0.25) is 4.79 Å². The summed E-state index contributed by atoms with van der Waals surface area (Å²) in [5.41, 5.74) is 0. The summed E-state index contributed by atoms with van der Waals surface area (Å²) in [7, 11) is 1.61. The molecule has 1 heterocycles. The normalized spacial score (nSPS) is 14.2. The van der Waals surface area contributed by atoms with Crippen LogP contribution in [0.2, 0.25) is 0 Å². The second kappa shape index (κ2) is 9.00. The third-order valence-corrected chi connectivity index (χ3v) is 3.80. The largest absolute Gasteiger partial charge is 0.497 e. The van der Waals surface area contributed by atoms with Crippen molar-refractivity contribution in [1.29, 1.82) is 0 Å². The predicted molar refractivity (Wildman–Crippen MR) is 88.3 cm³/mol. The monoisotopic (exact) mass is 336 g/mol. The van der Waals surface area contributed by atoms with Gasteiger partial charge in [-0.2, -0.15) is 0 Å². The Morgan fingerprint density at radius 2 is 1.58 bits per heavy atom. The summed E-state index contributed by atoms with van der Waals surface area (Å²) >= 11 is 0. The van der Waals surface area contributed by atoms with E-state index in [0.717, 1.165) is 5.75 Å². The van der Waals surface area contributed by atoms with Crippen LogP contribution < -0.4 is 9.47 Å². The Morgan fingerprint density at radius 1 is 1.00 bits per heavy atom. The van der Waals surface area contributed by atoms with Crippen molar-refractivity contribution in [2.45, 2.75) is 13.3 Å². The summed E-state index contributed by atoms with van der Waals surface area (Å²) in [6.07, 6.45) is -0.00161. The Kier molecular flexibility index (Phi) is 6.72. The lowest BCUT2D eigenvalue weighted by Gasteiger charge is -2.34. The zero-order valence-electron chi connectivity index (χ0n) is 14.2. The van der Waals surface area contributed by atoms with Gasteiger partial charge in [-0.15, -0.1) is 0 Å². The second-order valence-electron chi connectivity index (χ2n) is 5.34. The molecule has 0 spiro atoms. The van der Waals surface area contributed by atoms with Gasteiger partial charge in [0, 0.05) is 26.2 Å². The van der Waals surface area contributed by atoms with E-state index in [2.05, 4.69) is 0 Å².